The first kappa shape index (κ1) is 16.8. The van der Waals surface area contributed by atoms with E-state index in [9.17, 15) is 4.79 Å². The van der Waals surface area contributed by atoms with Gasteiger partial charge in [0, 0.05) is 26.2 Å². The van der Waals surface area contributed by atoms with Crippen LogP contribution in [-0.4, -0.2) is 14.7 Å². The molecule has 0 aliphatic carbocycles. The Morgan fingerprint density at radius 2 is 1.59 bits per heavy atom. The Hall–Kier alpha value is -1.55. The molecule has 0 aliphatic heterocycles. The van der Waals surface area contributed by atoms with Gasteiger partial charge >= 0.3 is 5.69 Å². The zero-order valence-electron chi connectivity index (χ0n) is 14.9. The van der Waals surface area contributed by atoms with E-state index in [1.54, 1.807) is 9.13 Å². The molecule has 0 saturated heterocycles. The Morgan fingerprint density at radius 3 is 2.18 bits per heavy atom. The summed E-state index contributed by atoms with van der Waals surface area (Å²) in [5.74, 6) is 0. The molecule has 2 aromatic rings. The van der Waals surface area contributed by atoms with Crippen LogP contribution in [-0.2, 0) is 20.6 Å². The first-order valence-corrected chi connectivity index (χ1v) is 7.90. The molecular weight excluding hydrogens is 274 g/mol. The van der Waals surface area contributed by atoms with E-state index in [2.05, 4.69) is 52.1 Å². The highest BCUT2D eigenvalue weighted by molar-refractivity contribution is 5.76. The lowest BCUT2D eigenvalue weighted by molar-refractivity contribution is 0.241. The second-order valence-corrected chi connectivity index (χ2v) is 8.20. The number of aromatic nitrogens is 2. The van der Waals surface area contributed by atoms with Crippen LogP contribution in [0.3, 0.4) is 0 Å². The van der Waals surface area contributed by atoms with Gasteiger partial charge in [0.15, 0.2) is 0 Å². The van der Waals surface area contributed by atoms with Crippen molar-refractivity contribution in [2.45, 2.75) is 53.1 Å². The lowest BCUT2D eigenvalue weighted by Crippen LogP contribution is -2.41. The van der Waals surface area contributed by atoms with E-state index in [1.165, 1.54) is 5.56 Å². The molecule has 0 fully saturated rings. The molecule has 0 radical (unpaired) electrons. The molecule has 1 aromatic heterocycles. The van der Waals surface area contributed by atoms with Gasteiger partial charge in [0.05, 0.1) is 11.0 Å². The number of rotatable bonds is 4. The first-order valence-electron chi connectivity index (χ1n) is 7.90. The number of imidazole rings is 1. The van der Waals surface area contributed by atoms with Gasteiger partial charge in [-0.25, -0.2) is 4.79 Å². The average Bonchev–Trinajstić information content (AvgIpc) is 2.59. The third-order valence-corrected chi connectivity index (χ3v) is 4.08. The Bertz CT molecular complexity index is 729. The fourth-order valence-electron chi connectivity index (χ4n) is 3.39. The molecular formula is C18H29N3O. The van der Waals surface area contributed by atoms with Crippen LogP contribution in [0.25, 0.3) is 11.0 Å². The largest absolute Gasteiger partial charge is 0.328 e. The zero-order valence-corrected chi connectivity index (χ0v) is 14.9. The van der Waals surface area contributed by atoms with Crippen molar-refractivity contribution in [3.8, 4) is 0 Å². The summed E-state index contributed by atoms with van der Waals surface area (Å²) in [7, 11) is 3.64. The zero-order chi connectivity index (χ0) is 16.7. The predicted molar refractivity (Wildman–Crippen MR) is 93.2 cm³/mol. The molecule has 0 atom stereocenters. The highest BCUT2D eigenvalue weighted by atomic mass is 16.1. The fraction of sp³-hybridized carbons (Fsp3) is 0.611. The molecule has 0 spiro atoms. The van der Waals surface area contributed by atoms with Gasteiger partial charge in [-0.2, -0.15) is 0 Å². The number of aryl methyl sites for hydroxylation is 2. The lowest BCUT2D eigenvalue weighted by Gasteiger charge is -2.33. The number of nitrogens with zero attached hydrogens (tertiary/aromatic N) is 2. The van der Waals surface area contributed by atoms with Crippen LogP contribution in [0.2, 0.25) is 0 Å². The van der Waals surface area contributed by atoms with E-state index >= 15 is 0 Å². The molecule has 0 aliphatic rings. The van der Waals surface area contributed by atoms with Crippen molar-refractivity contribution in [3.63, 3.8) is 0 Å². The summed E-state index contributed by atoms with van der Waals surface area (Å²) in [5.41, 5.74) is 3.56. The smallest absolute Gasteiger partial charge is 0.308 e. The van der Waals surface area contributed by atoms with Crippen molar-refractivity contribution in [1.29, 1.82) is 0 Å². The summed E-state index contributed by atoms with van der Waals surface area (Å²) in [4.78, 5) is 12.0. The maximum Gasteiger partial charge on any atom is 0.328 e. The number of hydrogen-bond donors (Lipinski definition) is 1. The first-order chi connectivity index (χ1) is 10.0. The van der Waals surface area contributed by atoms with E-state index in [-0.39, 0.29) is 11.2 Å². The second kappa shape index (κ2) is 5.58. The van der Waals surface area contributed by atoms with E-state index in [0.717, 1.165) is 24.0 Å². The number of nitrogens with one attached hydrogen (secondary N) is 1. The third kappa shape index (κ3) is 3.61. The van der Waals surface area contributed by atoms with Gasteiger partial charge in [0.1, 0.15) is 0 Å². The molecule has 1 heterocycles. The van der Waals surface area contributed by atoms with Gasteiger partial charge in [-0.05, 0) is 43.4 Å². The summed E-state index contributed by atoms with van der Waals surface area (Å²) in [5, 5.41) is 3.64. The van der Waals surface area contributed by atoms with Gasteiger partial charge < -0.3 is 5.32 Å². The summed E-state index contributed by atoms with van der Waals surface area (Å²) >= 11 is 0. The standard InChI is InChI=1S/C18H29N3O/c1-17(2,3)12-18(4,5)19-11-13-8-9-14-15(10-13)21(7)16(22)20(14)6/h8-10,19H,11-12H2,1-7H3. The number of fused-ring (bicyclic) bond motifs is 1. The Morgan fingerprint density at radius 1 is 1.00 bits per heavy atom. The predicted octanol–water partition coefficient (Wildman–Crippen LogP) is 3.18. The van der Waals surface area contributed by atoms with Crippen LogP contribution in [0.15, 0.2) is 23.0 Å². The summed E-state index contributed by atoms with van der Waals surface area (Å²) in [6.07, 6.45) is 1.10. The van der Waals surface area contributed by atoms with Crippen LogP contribution in [0.1, 0.15) is 46.6 Å². The molecule has 0 saturated carbocycles. The highest BCUT2D eigenvalue weighted by Gasteiger charge is 2.24. The van der Waals surface area contributed by atoms with Crippen LogP contribution in [0.5, 0.6) is 0 Å². The van der Waals surface area contributed by atoms with E-state index < -0.39 is 0 Å². The number of hydrogen-bond acceptors (Lipinski definition) is 2. The van der Waals surface area contributed by atoms with E-state index in [0.29, 0.717) is 5.41 Å². The monoisotopic (exact) mass is 303 g/mol. The van der Waals surface area contributed by atoms with Gasteiger partial charge in [-0.15, -0.1) is 0 Å². The normalized spacial score (nSPS) is 13.0. The maximum atomic E-state index is 12.0. The van der Waals surface area contributed by atoms with Gasteiger partial charge in [-0.3, -0.25) is 9.13 Å². The fourth-order valence-corrected chi connectivity index (χ4v) is 3.39. The van der Waals surface area contributed by atoms with Crippen molar-refractivity contribution in [2.75, 3.05) is 0 Å². The number of benzene rings is 1. The van der Waals surface area contributed by atoms with Crippen molar-refractivity contribution in [2.24, 2.45) is 19.5 Å². The second-order valence-electron chi connectivity index (χ2n) is 8.20. The molecule has 22 heavy (non-hydrogen) atoms. The summed E-state index contributed by atoms with van der Waals surface area (Å²) < 4.78 is 3.40. The Labute approximate surface area is 133 Å². The van der Waals surface area contributed by atoms with Crippen molar-refractivity contribution >= 4 is 11.0 Å². The molecule has 122 valence electrons. The molecule has 0 bridgehead atoms. The molecule has 4 heteroatoms. The third-order valence-electron chi connectivity index (χ3n) is 4.08. The van der Waals surface area contributed by atoms with Crippen molar-refractivity contribution < 1.29 is 0 Å². The van der Waals surface area contributed by atoms with E-state index in [1.807, 2.05) is 20.2 Å². The van der Waals surface area contributed by atoms with Crippen LogP contribution < -0.4 is 11.0 Å². The van der Waals surface area contributed by atoms with Gasteiger partial charge in [-0.1, -0.05) is 26.8 Å². The van der Waals surface area contributed by atoms with E-state index in [4.69, 9.17) is 0 Å². The maximum absolute atomic E-state index is 12.0. The molecule has 2 rings (SSSR count). The summed E-state index contributed by atoms with van der Waals surface area (Å²) in [6, 6.07) is 6.24. The van der Waals surface area contributed by atoms with Crippen LogP contribution in [0, 0.1) is 5.41 Å². The minimum Gasteiger partial charge on any atom is -0.308 e. The van der Waals surface area contributed by atoms with Gasteiger partial charge in [0.2, 0.25) is 0 Å². The Balaban J connectivity index is 2.19. The van der Waals surface area contributed by atoms with Crippen molar-refractivity contribution in [3.05, 3.63) is 34.2 Å². The SMILES string of the molecule is Cn1c(=O)n(C)c2cc(CNC(C)(C)CC(C)(C)C)ccc21. The molecule has 4 nitrogen and oxygen atoms in total. The molecule has 0 unspecified atom stereocenters. The highest BCUT2D eigenvalue weighted by Crippen LogP contribution is 2.27. The summed E-state index contributed by atoms with van der Waals surface area (Å²) in [6.45, 7) is 12.1. The average molecular weight is 303 g/mol. The van der Waals surface area contributed by atoms with Gasteiger partial charge in [0.25, 0.3) is 0 Å². The quantitative estimate of drug-likeness (QED) is 0.942. The lowest BCUT2D eigenvalue weighted by atomic mass is 9.82. The Kier molecular flexibility index (Phi) is 4.26. The minimum absolute atomic E-state index is 0.0215. The topological polar surface area (TPSA) is 39.0 Å². The molecule has 0 amide bonds. The molecule has 1 N–H and O–H groups in total. The minimum atomic E-state index is 0.0215. The molecule has 1 aromatic carbocycles. The van der Waals surface area contributed by atoms with Crippen LogP contribution in [0.4, 0.5) is 0 Å². The van der Waals surface area contributed by atoms with Crippen molar-refractivity contribution in [1.82, 2.24) is 14.5 Å². The van der Waals surface area contributed by atoms with Crippen LogP contribution >= 0.6 is 0 Å².